The van der Waals surface area contributed by atoms with Gasteiger partial charge in [-0.1, -0.05) is 13.8 Å². The van der Waals surface area contributed by atoms with Crippen LogP contribution in [-0.2, 0) is 9.59 Å². The first-order valence-electron chi connectivity index (χ1n) is 6.23. The van der Waals surface area contributed by atoms with Crippen molar-refractivity contribution in [3.8, 4) is 0 Å². The van der Waals surface area contributed by atoms with E-state index in [9.17, 15) is 9.59 Å². The van der Waals surface area contributed by atoms with Crippen LogP contribution in [0.4, 0.5) is 0 Å². The average Bonchev–Trinajstić information content (AvgIpc) is 2.27. The number of hydrogen-bond acceptors (Lipinski definition) is 3. The summed E-state index contributed by atoms with van der Waals surface area (Å²) < 4.78 is 0. The maximum Gasteiger partial charge on any atom is 0.239 e. The molecule has 0 aromatic carbocycles. The largest absolute Gasteiger partial charge is 0.353 e. The van der Waals surface area contributed by atoms with E-state index in [1.165, 1.54) is 6.92 Å². The molecule has 5 heteroatoms. The molecule has 1 rings (SSSR count). The molecule has 0 radical (unpaired) electrons. The molecular formula is C12H23N3O2. The minimum Gasteiger partial charge on any atom is -0.353 e. The third kappa shape index (κ3) is 4.00. The Morgan fingerprint density at radius 2 is 1.82 bits per heavy atom. The fraction of sp³-hybridized carbons (Fsp3) is 0.833. The smallest absolute Gasteiger partial charge is 0.239 e. The molecule has 1 aliphatic heterocycles. The Bertz CT molecular complexity index is 283. The van der Waals surface area contributed by atoms with Gasteiger partial charge in [-0.25, -0.2) is 0 Å². The van der Waals surface area contributed by atoms with Gasteiger partial charge in [-0.2, -0.15) is 0 Å². The van der Waals surface area contributed by atoms with Crippen LogP contribution in [0.15, 0.2) is 0 Å². The number of hydrogen-bond donors (Lipinski definition) is 2. The van der Waals surface area contributed by atoms with Crippen LogP contribution in [0, 0.1) is 5.92 Å². The van der Waals surface area contributed by atoms with Crippen molar-refractivity contribution in [3.05, 3.63) is 0 Å². The number of nitrogens with two attached hydrogens (primary N) is 1. The van der Waals surface area contributed by atoms with E-state index in [-0.39, 0.29) is 23.8 Å². The van der Waals surface area contributed by atoms with Crippen LogP contribution in [-0.4, -0.2) is 41.9 Å². The van der Waals surface area contributed by atoms with Gasteiger partial charge < -0.3 is 16.0 Å². The number of rotatable bonds is 3. The van der Waals surface area contributed by atoms with Crippen molar-refractivity contribution in [1.82, 2.24) is 10.2 Å². The second kappa shape index (κ2) is 6.00. The van der Waals surface area contributed by atoms with Gasteiger partial charge in [-0.15, -0.1) is 0 Å². The number of carbonyl (C=O) groups is 2. The van der Waals surface area contributed by atoms with Crippen molar-refractivity contribution < 1.29 is 9.59 Å². The highest BCUT2D eigenvalue weighted by Crippen LogP contribution is 2.13. The molecule has 2 amide bonds. The highest BCUT2D eigenvalue weighted by molar-refractivity contribution is 5.82. The van der Waals surface area contributed by atoms with Gasteiger partial charge in [0, 0.05) is 26.1 Å². The lowest BCUT2D eigenvalue weighted by atomic mass is 10.0. The summed E-state index contributed by atoms with van der Waals surface area (Å²) in [6.45, 7) is 6.79. The molecule has 0 aromatic rings. The van der Waals surface area contributed by atoms with Crippen LogP contribution in [0.2, 0.25) is 0 Å². The SMILES string of the molecule is CC(=O)NC1CCN(C(=O)[C@@H](N)C(C)C)CC1. The van der Waals surface area contributed by atoms with Crippen LogP contribution in [0.1, 0.15) is 33.6 Å². The van der Waals surface area contributed by atoms with E-state index in [2.05, 4.69) is 5.32 Å². The average molecular weight is 241 g/mol. The van der Waals surface area contributed by atoms with Crippen LogP contribution in [0.5, 0.6) is 0 Å². The van der Waals surface area contributed by atoms with Gasteiger partial charge in [0.1, 0.15) is 0 Å². The topological polar surface area (TPSA) is 75.4 Å². The summed E-state index contributed by atoms with van der Waals surface area (Å²) >= 11 is 0. The zero-order chi connectivity index (χ0) is 13.0. The molecule has 1 heterocycles. The summed E-state index contributed by atoms with van der Waals surface area (Å²) in [6.07, 6.45) is 1.63. The predicted molar refractivity (Wildman–Crippen MR) is 66.2 cm³/mol. The number of likely N-dealkylation sites (tertiary alicyclic amines) is 1. The number of piperidine rings is 1. The lowest BCUT2D eigenvalue weighted by Crippen LogP contribution is -2.52. The Morgan fingerprint density at radius 3 is 2.24 bits per heavy atom. The second-order valence-electron chi connectivity index (χ2n) is 5.07. The van der Waals surface area contributed by atoms with Gasteiger partial charge in [0.05, 0.1) is 6.04 Å². The molecule has 1 saturated heterocycles. The Labute approximate surface area is 103 Å². The molecule has 0 aromatic heterocycles. The van der Waals surface area contributed by atoms with Gasteiger partial charge in [-0.3, -0.25) is 9.59 Å². The molecule has 0 bridgehead atoms. The normalized spacial score (nSPS) is 19.2. The third-order valence-electron chi connectivity index (χ3n) is 3.22. The number of amides is 2. The first-order chi connectivity index (χ1) is 7.91. The predicted octanol–water partition coefficient (Wildman–Crippen LogP) is 0.0968. The van der Waals surface area contributed by atoms with Crippen LogP contribution < -0.4 is 11.1 Å². The summed E-state index contributed by atoms with van der Waals surface area (Å²) in [5.74, 6) is 0.186. The number of carbonyl (C=O) groups excluding carboxylic acids is 2. The summed E-state index contributed by atoms with van der Waals surface area (Å²) in [5, 5.41) is 2.89. The first kappa shape index (κ1) is 14.0. The zero-order valence-electron chi connectivity index (χ0n) is 10.9. The quantitative estimate of drug-likeness (QED) is 0.735. The lowest BCUT2D eigenvalue weighted by molar-refractivity contribution is -0.134. The minimum absolute atomic E-state index is 0.00587. The fourth-order valence-electron chi connectivity index (χ4n) is 2.03. The molecule has 3 N–H and O–H groups in total. The minimum atomic E-state index is -0.410. The van der Waals surface area contributed by atoms with E-state index in [1.54, 1.807) is 0 Å². The molecule has 0 spiro atoms. The van der Waals surface area contributed by atoms with Crippen LogP contribution >= 0.6 is 0 Å². The highest BCUT2D eigenvalue weighted by Gasteiger charge is 2.27. The van der Waals surface area contributed by atoms with Gasteiger partial charge in [-0.05, 0) is 18.8 Å². The molecule has 0 aliphatic carbocycles. The Balaban J connectivity index is 2.41. The van der Waals surface area contributed by atoms with Crippen molar-refractivity contribution >= 4 is 11.8 Å². The zero-order valence-corrected chi connectivity index (χ0v) is 10.9. The van der Waals surface area contributed by atoms with E-state index in [0.717, 1.165) is 12.8 Å². The summed E-state index contributed by atoms with van der Waals surface area (Å²) in [6, 6.07) is -0.209. The van der Waals surface area contributed by atoms with Gasteiger partial charge >= 0.3 is 0 Å². The molecule has 17 heavy (non-hydrogen) atoms. The number of nitrogens with one attached hydrogen (secondary N) is 1. The summed E-state index contributed by atoms with van der Waals surface area (Å²) in [5.41, 5.74) is 5.85. The molecule has 98 valence electrons. The van der Waals surface area contributed by atoms with Crippen molar-refractivity contribution in [1.29, 1.82) is 0 Å². The number of nitrogens with zero attached hydrogens (tertiary/aromatic N) is 1. The van der Waals surface area contributed by atoms with E-state index in [0.29, 0.717) is 13.1 Å². The lowest BCUT2D eigenvalue weighted by Gasteiger charge is -2.34. The maximum absolute atomic E-state index is 12.0. The first-order valence-corrected chi connectivity index (χ1v) is 6.23. The standard InChI is InChI=1S/C12H23N3O2/c1-8(2)11(13)12(17)15-6-4-10(5-7-15)14-9(3)16/h8,10-11H,4-7,13H2,1-3H3,(H,14,16)/t11-/m0/s1. The molecule has 0 unspecified atom stereocenters. The van der Waals surface area contributed by atoms with E-state index >= 15 is 0 Å². The fourth-order valence-corrected chi connectivity index (χ4v) is 2.03. The van der Waals surface area contributed by atoms with Crippen molar-refractivity contribution in [3.63, 3.8) is 0 Å². The highest BCUT2D eigenvalue weighted by atomic mass is 16.2. The Hall–Kier alpha value is -1.10. The molecule has 5 nitrogen and oxygen atoms in total. The van der Waals surface area contributed by atoms with Gasteiger partial charge in [0.25, 0.3) is 0 Å². The third-order valence-corrected chi connectivity index (χ3v) is 3.22. The Kier molecular flexibility index (Phi) is 4.93. The summed E-state index contributed by atoms with van der Waals surface area (Å²) in [7, 11) is 0. The van der Waals surface area contributed by atoms with E-state index in [4.69, 9.17) is 5.73 Å². The molecule has 1 aliphatic rings. The maximum atomic E-state index is 12.0. The molecule has 1 atom stereocenters. The van der Waals surface area contributed by atoms with Crippen molar-refractivity contribution in [2.75, 3.05) is 13.1 Å². The Morgan fingerprint density at radius 1 is 1.29 bits per heavy atom. The molecular weight excluding hydrogens is 218 g/mol. The van der Waals surface area contributed by atoms with Gasteiger partial charge in [0.2, 0.25) is 11.8 Å². The van der Waals surface area contributed by atoms with Crippen molar-refractivity contribution in [2.24, 2.45) is 11.7 Å². The molecule has 1 fully saturated rings. The second-order valence-corrected chi connectivity index (χ2v) is 5.07. The van der Waals surface area contributed by atoms with E-state index in [1.807, 2.05) is 18.7 Å². The van der Waals surface area contributed by atoms with E-state index < -0.39 is 6.04 Å². The van der Waals surface area contributed by atoms with Crippen LogP contribution in [0.25, 0.3) is 0 Å². The monoisotopic (exact) mass is 241 g/mol. The van der Waals surface area contributed by atoms with Crippen molar-refractivity contribution in [2.45, 2.75) is 45.7 Å². The van der Waals surface area contributed by atoms with Gasteiger partial charge in [0.15, 0.2) is 0 Å². The summed E-state index contributed by atoms with van der Waals surface area (Å²) in [4.78, 5) is 24.7. The van der Waals surface area contributed by atoms with Crippen LogP contribution in [0.3, 0.4) is 0 Å². The molecule has 0 saturated carbocycles.